The fourth-order valence-electron chi connectivity index (χ4n) is 2.04. The normalized spacial score (nSPS) is 35.9. The molecule has 0 radical (unpaired) electrons. The van der Waals surface area contributed by atoms with Crippen LogP contribution in [-0.4, -0.2) is 44.2 Å². The van der Waals surface area contributed by atoms with E-state index in [1.54, 1.807) is 13.0 Å². The van der Waals surface area contributed by atoms with Crippen molar-refractivity contribution in [2.24, 2.45) is 0 Å². The molecule has 2 rings (SSSR count). The van der Waals surface area contributed by atoms with Crippen molar-refractivity contribution in [2.45, 2.75) is 38.0 Å². The summed E-state index contributed by atoms with van der Waals surface area (Å²) in [7, 11) is 0. The number of aliphatic hydroxyl groups excluding tert-OH is 2. The van der Waals surface area contributed by atoms with Crippen molar-refractivity contribution in [2.75, 3.05) is 6.61 Å². The molecule has 0 saturated carbocycles. The molecule has 0 amide bonds. The summed E-state index contributed by atoms with van der Waals surface area (Å²) in [6.45, 7) is 2.25. The third kappa shape index (κ3) is 1.94. The average molecular weight is 258 g/mol. The predicted octanol–water partition coefficient (Wildman–Crippen LogP) is -0.469. The Bertz CT molecular complexity index is 502. The van der Waals surface area contributed by atoms with Gasteiger partial charge in [0.2, 0.25) is 0 Å². The Morgan fingerprint density at radius 1 is 1.67 bits per heavy atom. The van der Waals surface area contributed by atoms with E-state index in [4.69, 9.17) is 9.84 Å². The van der Waals surface area contributed by atoms with E-state index in [0.717, 1.165) is 11.5 Å². The van der Waals surface area contributed by atoms with Crippen LogP contribution in [0.25, 0.3) is 0 Å². The minimum absolute atomic E-state index is 0.508. The quantitative estimate of drug-likeness (QED) is 0.749. The van der Waals surface area contributed by atoms with Crippen molar-refractivity contribution in [3.63, 3.8) is 0 Å². The molecule has 1 aliphatic heterocycles. The first-order chi connectivity index (χ1) is 8.37. The lowest BCUT2D eigenvalue weighted by Crippen LogP contribution is -2.42. The lowest BCUT2D eigenvalue weighted by molar-refractivity contribution is -0.0611. The molecule has 7 heteroatoms. The van der Waals surface area contributed by atoms with Gasteiger partial charge in [0.25, 0.3) is 0 Å². The van der Waals surface area contributed by atoms with E-state index in [0.29, 0.717) is 5.69 Å². The van der Waals surface area contributed by atoms with Gasteiger partial charge in [-0.15, -0.1) is 0 Å². The fraction of sp³-hybridized carbons (Fsp3) is 0.636. The van der Waals surface area contributed by atoms with Gasteiger partial charge in [-0.05, 0) is 19.9 Å². The van der Waals surface area contributed by atoms with Gasteiger partial charge in [0.1, 0.15) is 12.2 Å². The molecule has 2 N–H and O–H groups in total. The minimum atomic E-state index is -2.17. The van der Waals surface area contributed by atoms with Gasteiger partial charge in [-0.3, -0.25) is 4.57 Å². The molecule has 1 aromatic heterocycles. The van der Waals surface area contributed by atoms with Gasteiger partial charge < -0.3 is 14.9 Å². The summed E-state index contributed by atoms with van der Waals surface area (Å²) in [4.78, 5) is 15.4. The third-order valence-corrected chi connectivity index (χ3v) is 3.12. The molecule has 0 bridgehead atoms. The fourth-order valence-corrected chi connectivity index (χ4v) is 2.04. The number of hydrogen-bond donors (Lipinski definition) is 2. The molecule has 2 heterocycles. The number of aryl methyl sites for hydroxylation is 1. The monoisotopic (exact) mass is 258 g/mol. The summed E-state index contributed by atoms with van der Waals surface area (Å²) in [5.41, 5.74) is -2.32. The van der Waals surface area contributed by atoms with E-state index >= 15 is 0 Å². The van der Waals surface area contributed by atoms with Gasteiger partial charge in [0.15, 0.2) is 11.9 Å². The Morgan fingerprint density at radius 3 is 2.83 bits per heavy atom. The summed E-state index contributed by atoms with van der Waals surface area (Å²) >= 11 is 0. The van der Waals surface area contributed by atoms with Crippen LogP contribution in [0, 0.1) is 6.92 Å². The minimum Gasteiger partial charge on any atom is -0.394 e. The number of ether oxygens (including phenoxy) is 1. The van der Waals surface area contributed by atoms with Crippen molar-refractivity contribution in [1.82, 2.24) is 9.55 Å². The van der Waals surface area contributed by atoms with Crippen molar-refractivity contribution >= 4 is 0 Å². The van der Waals surface area contributed by atoms with Crippen LogP contribution in [-0.2, 0) is 4.74 Å². The number of aliphatic hydroxyl groups is 2. The second kappa shape index (κ2) is 4.42. The first-order valence-corrected chi connectivity index (χ1v) is 5.57. The molecule has 0 spiro atoms. The number of hydrogen-bond acceptors (Lipinski definition) is 5. The van der Waals surface area contributed by atoms with E-state index in [2.05, 4.69) is 4.98 Å². The Morgan fingerprint density at radius 2 is 2.33 bits per heavy atom. The molecule has 6 nitrogen and oxygen atoms in total. The number of halogens is 1. The predicted molar refractivity (Wildman–Crippen MR) is 59.7 cm³/mol. The molecule has 4 atom stereocenters. The number of rotatable bonds is 2. The molecular formula is C11H15FN2O4. The largest absolute Gasteiger partial charge is 0.394 e. The Balaban J connectivity index is 2.42. The number of alkyl halides is 1. The van der Waals surface area contributed by atoms with Crippen LogP contribution in [0.1, 0.15) is 18.8 Å². The maximum Gasteiger partial charge on any atom is 0.349 e. The zero-order valence-electron chi connectivity index (χ0n) is 10.1. The topological polar surface area (TPSA) is 84.6 Å². The summed E-state index contributed by atoms with van der Waals surface area (Å²) in [6.07, 6.45) is -2.50. The molecule has 18 heavy (non-hydrogen) atoms. The second-order valence-electron chi connectivity index (χ2n) is 4.56. The highest BCUT2D eigenvalue weighted by Gasteiger charge is 2.55. The van der Waals surface area contributed by atoms with Crippen molar-refractivity contribution in [1.29, 1.82) is 0 Å². The van der Waals surface area contributed by atoms with Gasteiger partial charge in [0, 0.05) is 11.9 Å². The first kappa shape index (κ1) is 13.1. The highest BCUT2D eigenvalue weighted by atomic mass is 19.1. The van der Waals surface area contributed by atoms with Gasteiger partial charge in [-0.1, -0.05) is 0 Å². The van der Waals surface area contributed by atoms with E-state index in [1.807, 2.05) is 0 Å². The van der Waals surface area contributed by atoms with E-state index in [9.17, 15) is 14.3 Å². The molecule has 0 unspecified atom stereocenters. The van der Waals surface area contributed by atoms with Gasteiger partial charge in [0.05, 0.1) is 6.61 Å². The number of nitrogens with zero attached hydrogens (tertiary/aromatic N) is 2. The molecule has 1 aromatic rings. The molecule has 1 saturated heterocycles. The average Bonchev–Trinajstić information content (AvgIpc) is 2.52. The maximum absolute atomic E-state index is 14.4. The van der Waals surface area contributed by atoms with Gasteiger partial charge in [-0.2, -0.15) is 4.98 Å². The smallest absolute Gasteiger partial charge is 0.349 e. The summed E-state index contributed by atoms with van der Waals surface area (Å²) in [6, 6.07) is 1.54. The zero-order valence-corrected chi connectivity index (χ0v) is 10.1. The molecule has 0 aromatic carbocycles. The third-order valence-electron chi connectivity index (χ3n) is 3.12. The first-order valence-electron chi connectivity index (χ1n) is 5.57. The van der Waals surface area contributed by atoms with Crippen LogP contribution in [0.15, 0.2) is 17.1 Å². The van der Waals surface area contributed by atoms with Crippen molar-refractivity contribution in [3.8, 4) is 0 Å². The van der Waals surface area contributed by atoms with Crippen LogP contribution in [0.3, 0.4) is 0 Å². The lowest BCUT2D eigenvalue weighted by Gasteiger charge is -2.24. The van der Waals surface area contributed by atoms with Gasteiger partial charge in [-0.25, -0.2) is 9.18 Å². The highest BCUT2D eigenvalue weighted by Crippen LogP contribution is 2.40. The molecule has 0 aliphatic carbocycles. The van der Waals surface area contributed by atoms with Crippen molar-refractivity contribution < 1.29 is 19.3 Å². The van der Waals surface area contributed by atoms with Crippen LogP contribution in [0.4, 0.5) is 4.39 Å². The van der Waals surface area contributed by atoms with Crippen LogP contribution >= 0.6 is 0 Å². The SMILES string of the molecule is Cc1ccn([C@@H]2O[C@H](CO)[C@H](O)[C@@]2(C)F)c(=O)n1. The molecular weight excluding hydrogens is 243 g/mol. The van der Waals surface area contributed by atoms with Crippen LogP contribution in [0.5, 0.6) is 0 Å². The molecule has 100 valence electrons. The van der Waals surface area contributed by atoms with Crippen LogP contribution < -0.4 is 5.69 Å². The summed E-state index contributed by atoms with van der Waals surface area (Å²) in [5, 5.41) is 18.7. The lowest BCUT2D eigenvalue weighted by atomic mass is 9.98. The van der Waals surface area contributed by atoms with E-state index < -0.39 is 36.4 Å². The van der Waals surface area contributed by atoms with Gasteiger partial charge >= 0.3 is 5.69 Å². The van der Waals surface area contributed by atoms with Crippen molar-refractivity contribution in [3.05, 3.63) is 28.4 Å². The van der Waals surface area contributed by atoms with E-state index in [-0.39, 0.29) is 0 Å². The highest BCUT2D eigenvalue weighted by molar-refractivity contribution is 5.03. The summed E-state index contributed by atoms with van der Waals surface area (Å²) < 4.78 is 20.6. The Hall–Kier alpha value is -1.31. The second-order valence-corrected chi connectivity index (χ2v) is 4.56. The molecule has 1 fully saturated rings. The number of aromatic nitrogens is 2. The van der Waals surface area contributed by atoms with Crippen LogP contribution in [0.2, 0.25) is 0 Å². The Labute approximate surface area is 103 Å². The summed E-state index contributed by atoms with van der Waals surface area (Å²) in [5.74, 6) is 0. The molecule has 1 aliphatic rings. The van der Waals surface area contributed by atoms with E-state index in [1.165, 1.54) is 6.20 Å². The maximum atomic E-state index is 14.4. The Kier molecular flexibility index (Phi) is 3.22. The zero-order chi connectivity index (χ0) is 13.5. The standard InChI is InChI=1S/C11H15FN2O4/c1-6-3-4-14(10(17)13-6)9-11(2,12)8(16)7(5-15)18-9/h3-4,7-9,15-16H,5H2,1-2H3/t7-,8+,9-,11-/m1/s1.